The van der Waals surface area contributed by atoms with E-state index in [-0.39, 0.29) is 0 Å². The highest BCUT2D eigenvalue weighted by atomic mass is 15.3. The summed E-state index contributed by atoms with van der Waals surface area (Å²) in [6.07, 6.45) is 4.96. The molecule has 3 nitrogen and oxygen atoms in total. The van der Waals surface area contributed by atoms with E-state index in [0.29, 0.717) is 12.0 Å². The summed E-state index contributed by atoms with van der Waals surface area (Å²) in [4.78, 5) is 0. The van der Waals surface area contributed by atoms with Gasteiger partial charge in [-0.1, -0.05) is 38.1 Å². The summed E-state index contributed by atoms with van der Waals surface area (Å²) in [7, 11) is 2.00. The minimum Gasteiger partial charge on any atom is -0.311 e. The molecular weight excluding hydrogens is 234 g/mol. The van der Waals surface area contributed by atoms with Gasteiger partial charge in [0.25, 0.3) is 0 Å². The highest BCUT2D eigenvalue weighted by molar-refractivity contribution is 5.25. The maximum Gasteiger partial charge on any atom is 0.0604 e. The summed E-state index contributed by atoms with van der Waals surface area (Å²) in [5.74, 6) is 0.704. The number of benzene rings is 1. The Kier molecular flexibility index (Phi) is 4.74. The lowest BCUT2D eigenvalue weighted by Gasteiger charge is -2.17. The second-order valence-electron chi connectivity index (χ2n) is 5.41. The molecule has 0 aliphatic rings. The van der Waals surface area contributed by atoms with Crippen molar-refractivity contribution >= 4 is 0 Å². The van der Waals surface area contributed by atoms with Crippen molar-refractivity contribution in [2.24, 2.45) is 5.92 Å². The van der Waals surface area contributed by atoms with Crippen LogP contribution >= 0.6 is 0 Å². The van der Waals surface area contributed by atoms with Crippen LogP contribution in [0.4, 0.5) is 0 Å². The van der Waals surface area contributed by atoms with Gasteiger partial charge in [-0.2, -0.15) is 5.10 Å². The zero-order chi connectivity index (χ0) is 13.7. The summed E-state index contributed by atoms with van der Waals surface area (Å²) in [5, 5.41) is 7.62. The quantitative estimate of drug-likeness (QED) is 0.862. The van der Waals surface area contributed by atoms with Crippen molar-refractivity contribution in [3.63, 3.8) is 0 Å². The third kappa shape index (κ3) is 3.93. The molecule has 1 aromatic carbocycles. The topological polar surface area (TPSA) is 29.9 Å². The Bertz CT molecular complexity index is 471. The number of likely N-dealkylation sites (N-methyl/N-ethyl adjacent to an activating group) is 1. The highest BCUT2D eigenvalue weighted by Crippen LogP contribution is 2.17. The third-order valence-electron chi connectivity index (χ3n) is 3.30. The predicted molar refractivity (Wildman–Crippen MR) is 79.0 cm³/mol. The molecule has 2 rings (SSSR count). The second-order valence-corrected chi connectivity index (χ2v) is 5.41. The first kappa shape index (κ1) is 13.8. The molecule has 1 heterocycles. The zero-order valence-corrected chi connectivity index (χ0v) is 12.0. The van der Waals surface area contributed by atoms with Crippen LogP contribution in [0.3, 0.4) is 0 Å². The Labute approximate surface area is 115 Å². The van der Waals surface area contributed by atoms with Gasteiger partial charge in [-0.3, -0.25) is 4.68 Å². The fourth-order valence-corrected chi connectivity index (χ4v) is 2.32. The second kappa shape index (κ2) is 6.53. The molecule has 1 atom stereocenters. The molecule has 0 spiro atoms. The van der Waals surface area contributed by atoms with Gasteiger partial charge in [-0.05, 0) is 36.6 Å². The Morgan fingerprint density at radius 3 is 2.47 bits per heavy atom. The van der Waals surface area contributed by atoms with Gasteiger partial charge in [-0.25, -0.2) is 0 Å². The van der Waals surface area contributed by atoms with E-state index in [1.165, 1.54) is 11.1 Å². The van der Waals surface area contributed by atoms with Crippen molar-refractivity contribution < 1.29 is 0 Å². The van der Waals surface area contributed by atoms with Crippen molar-refractivity contribution in [3.05, 3.63) is 53.9 Å². The fraction of sp³-hybridized carbons (Fsp3) is 0.438. The first-order chi connectivity index (χ1) is 9.19. The number of rotatable bonds is 6. The van der Waals surface area contributed by atoms with Gasteiger partial charge < -0.3 is 5.32 Å². The van der Waals surface area contributed by atoms with Crippen LogP contribution in [0, 0.1) is 5.92 Å². The lowest BCUT2D eigenvalue weighted by molar-refractivity contribution is 0.468. The van der Waals surface area contributed by atoms with Crippen LogP contribution in [0.5, 0.6) is 0 Å². The highest BCUT2D eigenvalue weighted by Gasteiger charge is 2.10. The average Bonchev–Trinajstić information content (AvgIpc) is 2.89. The molecular formula is C16H23N3. The summed E-state index contributed by atoms with van der Waals surface area (Å²) in [5.41, 5.74) is 2.72. The SMILES string of the molecule is CNC(Cn1cccn1)c1ccc(CC(C)C)cc1. The summed E-state index contributed by atoms with van der Waals surface area (Å²) < 4.78 is 1.96. The molecule has 0 saturated carbocycles. The summed E-state index contributed by atoms with van der Waals surface area (Å²) >= 11 is 0. The minimum absolute atomic E-state index is 0.299. The van der Waals surface area contributed by atoms with Gasteiger partial charge >= 0.3 is 0 Å². The fourth-order valence-electron chi connectivity index (χ4n) is 2.32. The van der Waals surface area contributed by atoms with Crippen LogP contribution in [0.1, 0.15) is 31.0 Å². The van der Waals surface area contributed by atoms with Crippen molar-refractivity contribution in [2.45, 2.75) is 32.9 Å². The number of aromatic nitrogens is 2. The number of hydrogen-bond donors (Lipinski definition) is 1. The third-order valence-corrected chi connectivity index (χ3v) is 3.30. The number of nitrogens with one attached hydrogen (secondary N) is 1. The van der Waals surface area contributed by atoms with Crippen molar-refractivity contribution in [2.75, 3.05) is 7.05 Å². The summed E-state index contributed by atoms with van der Waals surface area (Å²) in [6.45, 7) is 5.36. The molecule has 0 aliphatic carbocycles. The molecule has 0 amide bonds. The molecule has 0 bridgehead atoms. The average molecular weight is 257 g/mol. The van der Waals surface area contributed by atoms with E-state index >= 15 is 0 Å². The molecule has 19 heavy (non-hydrogen) atoms. The molecule has 0 radical (unpaired) electrons. The monoisotopic (exact) mass is 257 g/mol. The van der Waals surface area contributed by atoms with Crippen LogP contribution in [0.15, 0.2) is 42.7 Å². The first-order valence-corrected chi connectivity index (χ1v) is 6.92. The van der Waals surface area contributed by atoms with Crippen LogP contribution in [0.25, 0.3) is 0 Å². The maximum absolute atomic E-state index is 4.26. The minimum atomic E-state index is 0.299. The molecule has 1 N–H and O–H groups in total. The van der Waals surface area contributed by atoms with Crippen molar-refractivity contribution in [3.8, 4) is 0 Å². The standard InChI is InChI=1S/C16H23N3/c1-13(2)11-14-5-7-15(8-6-14)16(17-3)12-19-10-4-9-18-19/h4-10,13,16-17H,11-12H2,1-3H3. The Morgan fingerprint density at radius 2 is 1.95 bits per heavy atom. The Hall–Kier alpha value is -1.61. The Balaban J connectivity index is 2.06. The smallest absolute Gasteiger partial charge is 0.0604 e. The van der Waals surface area contributed by atoms with E-state index < -0.39 is 0 Å². The van der Waals surface area contributed by atoms with Crippen LogP contribution in [-0.4, -0.2) is 16.8 Å². The normalized spacial score (nSPS) is 12.8. The van der Waals surface area contributed by atoms with Crippen molar-refractivity contribution in [1.82, 2.24) is 15.1 Å². The van der Waals surface area contributed by atoms with Crippen LogP contribution in [0.2, 0.25) is 0 Å². The predicted octanol–water partition coefficient (Wildman–Crippen LogP) is 3.04. The largest absolute Gasteiger partial charge is 0.311 e. The molecule has 0 saturated heterocycles. The zero-order valence-electron chi connectivity index (χ0n) is 12.0. The van der Waals surface area contributed by atoms with Crippen molar-refractivity contribution in [1.29, 1.82) is 0 Å². The first-order valence-electron chi connectivity index (χ1n) is 6.92. The lowest BCUT2D eigenvalue weighted by Crippen LogP contribution is -2.22. The lowest BCUT2D eigenvalue weighted by atomic mass is 9.99. The summed E-state index contributed by atoms with van der Waals surface area (Å²) in [6, 6.07) is 11.2. The molecule has 0 fully saturated rings. The van der Waals surface area contributed by atoms with E-state index in [2.05, 4.69) is 48.5 Å². The molecule has 102 valence electrons. The van der Waals surface area contributed by atoms with Gasteiger partial charge in [-0.15, -0.1) is 0 Å². The van der Waals surface area contributed by atoms with Gasteiger partial charge in [0.05, 0.1) is 12.6 Å². The van der Waals surface area contributed by atoms with E-state index in [4.69, 9.17) is 0 Å². The van der Waals surface area contributed by atoms with Gasteiger partial charge in [0.1, 0.15) is 0 Å². The van der Waals surface area contributed by atoms with E-state index in [1.807, 2.05) is 30.2 Å². The van der Waals surface area contributed by atoms with E-state index in [1.54, 1.807) is 0 Å². The van der Waals surface area contributed by atoms with Crippen LogP contribution in [-0.2, 0) is 13.0 Å². The molecule has 1 aromatic heterocycles. The van der Waals surface area contributed by atoms with Crippen LogP contribution < -0.4 is 5.32 Å². The Morgan fingerprint density at radius 1 is 1.21 bits per heavy atom. The molecule has 3 heteroatoms. The van der Waals surface area contributed by atoms with E-state index in [0.717, 1.165) is 13.0 Å². The molecule has 1 unspecified atom stereocenters. The maximum atomic E-state index is 4.26. The van der Waals surface area contributed by atoms with E-state index in [9.17, 15) is 0 Å². The number of hydrogen-bond acceptors (Lipinski definition) is 2. The molecule has 2 aromatic rings. The van der Waals surface area contributed by atoms with Gasteiger partial charge in [0, 0.05) is 12.4 Å². The number of nitrogens with zero attached hydrogens (tertiary/aromatic N) is 2. The van der Waals surface area contributed by atoms with Gasteiger partial charge in [0.15, 0.2) is 0 Å². The molecule has 0 aliphatic heterocycles. The van der Waals surface area contributed by atoms with Gasteiger partial charge in [0.2, 0.25) is 0 Å².